The summed E-state index contributed by atoms with van der Waals surface area (Å²) in [4.78, 5) is 13.9. The van der Waals surface area contributed by atoms with E-state index >= 15 is 0 Å². The van der Waals surface area contributed by atoms with Gasteiger partial charge in [0, 0.05) is 19.0 Å². The molecule has 2 unspecified atom stereocenters. The Morgan fingerprint density at radius 2 is 2.13 bits per heavy atom. The highest BCUT2D eigenvalue weighted by Crippen LogP contribution is 2.15. The fraction of sp³-hybridized carbons (Fsp3) is 0.917. The van der Waals surface area contributed by atoms with E-state index in [1.54, 1.807) is 0 Å². The zero-order chi connectivity index (χ0) is 11.4. The average molecular weight is 213 g/mol. The van der Waals surface area contributed by atoms with Crippen molar-refractivity contribution in [2.45, 2.75) is 33.2 Å². The van der Waals surface area contributed by atoms with E-state index in [-0.39, 0.29) is 5.92 Å². The minimum atomic E-state index is 0.0879. The molecule has 0 aromatic heterocycles. The van der Waals surface area contributed by atoms with E-state index in [4.69, 9.17) is 4.74 Å². The third kappa shape index (κ3) is 3.58. The first-order chi connectivity index (χ1) is 7.02. The lowest BCUT2D eigenvalue weighted by Crippen LogP contribution is -2.42. The highest BCUT2D eigenvalue weighted by molar-refractivity contribution is 5.82. The number of hydrogen-bond acceptors (Lipinski definition) is 3. The minimum Gasteiger partial charge on any atom is -0.380 e. The molecule has 0 radical (unpaired) electrons. The minimum absolute atomic E-state index is 0.0879. The number of Topliss-reactive ketones (excluding diaryl/α,β-unsaturated/α-hetero) is 1. The van der Waals surface area contributed by atoms with Crippen LogP contribution >= 0.6 is 0 Å². The van der Waals surface area contributed by atoms with Crippen LogP contribution in [0.5, 0.6) is 0 Å². The monoisotopic (exact) mass is 213 g/mol. The maximum Gasteiger partial charge on any atom is 0.141 e. The molecule has 0 aromatic carbocycles. The van der Waals surface area contributed by atoms with Crippen molar-refractivity contribution in [3.05, 3.63) is 0 Å². The Morgan fingerprint density at radius 1 is 1.47 bits per heavy atom. The molecule has 3 heteroatoms. The zero-order valence-corrected chi connectivity index (χ0v) is 10.3. The molecule has 1 aliphatic rings. The van der Waals surface area contributed by atoms with Gasteiger partial charge in [-0.15, -0.1) is 0 Å². The van der Waals surface area contributed by atoms with Gasteiger partial charge in [0.15, 0.2) is 0 Å². The Kier molecular flexibility index (Phi) is 4.74. The van der Waals surface area contributed by atoms with Crippen LogP contribution in [0.1, 0.15) is 27.2 Å². The summed E-state index contributed by atoms with van der Waals surface area (Å²) in [5.74, 6) is 1.07. The summed E-state index contributed by atoms with van der Waals surface area (Å²) in [5.41, 5.74) is 0. The van der Waals surface area contributed by atoms with Crippen molar-refractivity contribution in [3.8, 4) is 0 Å². The summed E-state index contributed by atoms with van der Waals surface area (Å²) in [7, 11) is 2.09. The zero-order valence-electron chi connectivity index (χ0n) is 10.3. The summed E-state index contributed by atoms with van der Waals surface area (Å²) >= 11 is 0. The van der Waals surface area contributed by atoms with Crippen LogP contribution in [0, 0.1) is 11.8 Å². The molecule has 0 N–H and O–H groups in total. The fourth-order valence-corrected chi connectivity index (χ4v) is 1.87. The maximum atomic E-state index is 11.6. The number of carbonyl (C=O) groups excluding carboxylic acids is 1. The van der Waals surface area contributed by atoms with E-state index in [1.807, 2.05) is 0 Å². The third-order valence-corrected chi connectivity index (χ3v) is 3.44. The quantitative estimate of drug-likeness (QED) is 0.710. The molecule has 3 nitrogen and oxygen atoms in total. The van der Waals surface area contributed by atoms with E-state index < -0.39 is 0 Å². The van der Waals surface area contributed by atoms with Crippen LogP contribution in [0.25, 0.3) is 0 Å². The summed E-state index contributed by atoms with van der Waals surface area (Å²) < 4.78 is 5.35. The standard InChI is InChI=1S/C12H23NO2/c1-9(2)10(3)13(4)7-11-8-15-6-5-12(11)14/h9-11H,5-8H2,1-4H3. The van der Waals surface area contributed by atoms with E-state index in [2.05, 4.69) is 32.7 Å². The lowest BCUT2D eigenvalue weighted by Gasteiger charge is -2.32. The van der Waals surface area contributed by atoms with Gasteiger partial charge in [-0.25, -0.2) is 0 Å². The van der Waals surface area contributed by atoms with Gasteiger partial charge >= 0.3 is 0 Å². The molecule has 0 aliphatic carbocycles. The predicted octanol–water partition coefficient (Wildman–Crippen LogP) is 1.57. The molecule has 1 saturated heterocycles. The highest BCUT2D eigenvalue weighted by atomic mass is 16.5. The number of hydrogen-bond donors (Lipinski definition) is 0. The molecule has 88 valence electrons. The van der Waals surface area contributed by atoms with Crippen molar-refractivity contribution < 1.29 is 9.53 Å². The smallest absolute Gasteiger partial charge is 0.141 e. The largest absolute Gasteiger partial charge is 0.380 e. The normalized spacial score (nSPS) is 24.9. The summed E-state index contributed by atoms with van der Waals surface area (Å²) in [6.45, 7) is 8.67. The number of rotatable bonds is 4. The van der Waals surface area contributed by atoms with Gasteiger partial charge in [0.2, 0.25) is 0 Å². The van der Waals surface area contributed by atoms with Gasteiger partial charge < -0.3 is 9.64 Å². The van der Waals surface area contributed by atoms with E-state index in [0.717, 1.165) is 6.54 Å². The molecule has 1 aliphatic heterocycles. The van der Waals surface area contributed by atoms with Gasteiger partial charge in [0.05, 0.1) is 19.1 Å². The molecule has 2 atom stereocenters. The molecular weight excluding hydrogens is 190 g/mol. The van der Waals surface area contributed by atoms with E-state index in [0.29, 0.717) is 37.4 Å². The number of nitrogens with zero attached hydrogens (tertiary/aromatic N) is 1. The molecular formula is C12H23NO2. The highest BCUT2D eigenvalue weighted by Gasteiger charge is 2.26. The Bertz CT molecular complexity index is 216. The summed E-state index contributed by atoms with van der Waals surface area (Å²) in [6, 6.07) is 0.514. The van der Waals surface area contributed by atoms with Crippen LogP contribution in [0.4, 0.5) is 0 Å². The Balaban J connectivity index is 2.42. The van der Waals surface area contributed by atoms with Crippen molar-refractivity contribution in [1.29, 1.82) is 0 Å². The number of carbonyl (C=O) groups is 1. The predicted molar refractivity (Wildman–Crippen MR) is 60.9 cm³/mol. The van der Waals surface area contributed by atoms with Gasteiger partial charge in [-0.3, -0.25) is 4.79 Å². The Hall–Kier alpha value is -0.410. The lowest BCUT2D eigenvalue weighted by molar-refractivity contribution is -0.131. The van der Waals surface area contributed by atoms with Crippen LogP contribution in [0.3, 0.4) is 0 Å². The van der Waals surface area contributed by atoms with Gasteiger partial charge in [-0.1, -0.05) is 13.8 Å². The number of ketones is 1. The second-order valence-corrected chi connectivity index (χ2v) is 4.91. The van der Waals surface area contributed by atoms with Crippen LogP contribution in [0.2, 0.25) is 0 Å². The van der Waals surface area contributed by atoms with Gasteiger partial charge in [0.25, 0.3) is 0 Å². The molecule has 0 amide bonds. The van der Waals surface area contributed by atoms with E-state index in [9.17, 15) is 4.79 Å². The number of ether oxygens (including phenoxy) is 1. The van der Waals surface area contributed by atoms with E-state index in [1.165, 1.54) is 0 Å². The Labute approximate surface area is 92.8 Å². The molecule has 1 heterocycles. The van der Waals surface area contributed by atoms with Crippen LogP contribution in [-0.4, -0.2) is 43.5 Å². The van der Waals surface area contributed by atoms with Gasteiger partial charge in [-0.05, 0) is 19.9 Å². The molecule has 0 bridgehead atoms. The SMILES string of the molecule is CC(C)C(C)N(C)CC1COCCC1=O. The molecule has 0 spiro atoms. The molecule has 0 aromatic rings. The summed E-state index contributed by atoms with van der Waals surface area (Å²) in [5, 5.41) is 0. The fourth-order valence-electron chi connectivity index (χ4n) is 1.87. The summed E-state index contributed by atoms with van der Waals surface area (Å²) in [6.07, 6.45) is 0.592. The average Bonchev–Trinajstić information content (AvgIpc) is 2.20. The van der Waals surface area contributed by atoms with Crippen molar-refractivity contribution >= 4 is 5.78 Å². The van der Waals surface area contributed by atoms with Gasteiger partial charge in [-0.2, -0.15) is 0 Å². The molecule has 0 saturated carbocycles. The lowest BCUT2D eigenvalue weighted by atomic mass is 9.98. The van der Waals surface area contributed by atoms with Crippen molar-refractivity contribution in [1.82, 2.24) is 4.90 Å². The van der Waals surface area contributed by atoms with Crippen molar-refractivity contribution in [2.24, 2.45) is 11.8 Å². The van der Waals surface area contributed by atoms with Crippen molar-refractivity contribution in [3.63, 3.8) is 0 Å². The first-order valence-electron chi connectivity index (χ1n) is 5.83. The van der Waals surface area contributed by atoms with Gasteiger partial charge in [0.1, 0.15) is 5.78 Å². The molecule has 15 heavy (non-hydrogen) atoms. The first-order valence-corrected chi connectivity index (χ1v) is 5.83. The van der Waals surface area contributed by atoms with Crippen LogP contribution < -0.4 is 0 Å². The second-order valence-electron chi connectivity index (χ2n) is 4.91. The second kappa shape index (κ2) is 5.61. The van der Waals surface area contributed by atoms with Crippen molar-refractivity contribution in [2.75, 3.05) is 26.8 Å². The van der Waals surface area contributed by atoms with Crippen LogP contribution in [0.15, 0.2) is 0 Å². The van der Waals surface area contributed by atoms with Crippen LogP contribution in [-0.2, 0) is 9.53 Å². The topological polar surface area (TPSA) is 29.5 Å². The first kappa shape index (κ1) is 12.7. The Morgan fingerprint density at radius 3 is 2.67 bits per heavy atom. The molecule has 1 rings (SSSR count). The molecule has 1 fully saturated rings. The third-order valence-electron chi connectivity index (χ3n) is 3.44. The maximum absolute atomic E-state index is 11.6.